The molecule has 2 saturated carbocycles. The molecule has 6 aliphatic rings. The zero-order valence-electron chi connectivity index (χ0n) is 36.3. The van der Waals surface area contributed by atoms with E-state index in [9.17, 15) is 28.0 Å². The van der Waals surface area contributed by atoms with E-state index in [1.165, 1.54) is 21.5 Å². The first-order valence-electron chi connectivity index (χ1n) is 23.0. The number of morpholine rings is 1. The lowest BCUT2D eigenvalue weighted by Gasteiger charge is -2.46. The summed E-state index contributed by atoms with van der Waals surface area (Å²) in [6, 6.07) is 6.87. The Kier molecular flexibility index (Phi) is 10.6. The van der Waals surface area contributed by atoms with Crippen molar-refractivity contribution in [2.24, 2.45) is 13.0 Å². The van der Waals surface area contributed by atoms with Crippen molar-refractivity contribution in [2.75, 3.05) is 62.6 Å². The van der Waals surface area contributed by atoms with Crippen LogP contribution in [0.2, 0.25) is 0 Å². The molecule has 8 heterocycles. The van der Waals surface area contributed by atoms with Gasteiger partial charge in [0, 0.05) is 71.7 Å². The third-order valence-electron chi connectivity index (χ3n) is 15.0. The molecule has 344 valence electrons. The van der Waals surface area contributed by atoms with Gasteiger partial charge in [0.2, 0.25) is 11.8 Å². The molecule has 5 aromatic rings. The van der Waals surface area contributed by atoms with Crippen LogP contribution in [0.4, 0.5) is 24.7 Å². The van der Waals surface area contributed by atoms with Crippen molar-refractivity contribution in [1.82, 2.24) is 48.6 Å². The van der Waals surface area contributed by atoms with E-state index >= 15 is 4.39 Å². The quantitative estimate of drug-likeness (QED) is 0.181. The smallest absolute Gasteiger partial charge is 0.329 e. The van der Waals surface area contributed by atoms with Crippen LogP contribution in [0.3, 0.4) is 0 Å². The number of benzene rings is 1. The third kappa shape index (κ3) is 7.69. The van der Waals surface area contributed by atoms with Gasteiger partial charge in [0.25, 0.3) is 12.3 Å². The van der Waals surface area contributed by atoms with Gasteiger partial charge in [-0.1, -0.05) is 12.1 Å². The number of aromatic nitrogens is 7. The third-order valence-corrected chi connectivity index (χ3v) is 15.0. The molecule has 3 atom stereocenters. The molecule has 0 spiro atoms. The van der Waals surface area contributed by atoms with Crippen LogP contribution < -0.4 is 21.2 Å². The first-order valence-corrected chi connectivity index (χ1v) is 23.0. The molecule has 4 aromatic heterocycles. The number of nitrogens with zero attached hydrogens (tertiary/aromatic N) is 10. The second-order valence-corrected chi connectivity index (χ2v) is 19.2. The molecule has 20 heteroatoms. The number of anilines is 2. The molecule has 11 rings (SSSR count). The molecular weight excluding hydrogens is 846 g/mol. The van der Waals surface area contributed by atoms with Crippen LogP contribution in [0.1, 0.15) is 104 Å². The molecular formula is C45H53F3N12O5. The minimum atomic E-state index is -2.88. The van der Waals surface area contributed by atoms with Crippen LogP contribution in [-0.4, -0.2) is 131 Å². The molecule has 2 unspecified atom stereocenters. The number of piperidine rings is 1. The van der Waals surface area contributed by atoms with Gasteiger partial charge in [-0.25, -0.2) is 27.5 Å². The van der Waals surface area contributed by atoms with Crippen molar-refractivity contribution < 1.29 is 32.3 Å². The zero-order chi connectivity index (χ0) is 44.7. The predicted molar refractivity (Wildman–Crippen MR) is 232 cm³/mol. The lowest BCUT2D eigenvalue weighted by atomic mass is 9.68. The van der Waals surface area contributed by atoms with Gasteiger partial charge in [-0.05, 0) is 80.9 Å². The highest BCUT2D eigenvalue weighted by atomic mass is 19.3. The molecule has 65 heavy (non-hydrogen) atoms. The van der Waals surface area contributed by atoms with E-state index in [-0.39, 0.29) is 59.8 Å². The molecule has 1 aromatic carbocycles. The van der Waals surface area contributed by atoms with E-state index in [4.69, 9.17) is 9.72 Å². The van der Waals surface area contributed by atoms with E-state index in [0.29, 0.717) is 48.6 Å². The molecule has 4 saturated heterocycles. The van der Waals surface area contributed by atoms with Crippen molar-refractivity contribution in [2.45, 2.75) is 100 Å². The Morgan fingerprint density at radius 1 is 1.02 bits per heavy atom. The topological polar surface area (TPSA) is 169 Å². The van der Waals surface area contributed by atoms with Crippen LogP contribution in [0.5, 0.6) is 0 Å². The van der Waals surface area contributed by atoms with Gasteiger partial charge in [-0.2, -0.15) is 10.2 Å². The van der Waals surface area contributed by atoms with Gasteiger partial charge >= 0.3 is 5.69 Å². The number of carbonyl (C=O) groups is 3. The molecule has 6 fully saturated rings. The zero-order valence-corrected chi connectivity index (χ0v) is 36.3. The van der Waals surface area contributed by atoms with Gasteiger partial charge in [0.1, 0.15) is 23.1 Å². The maximum absolute atomic E-state index is 16.3. The number of hydrogen-bond donors (Lipinski definition) is 2. The van der Waals surface area contributed by atoms with Crippen LogP contribution >= 0.6 is 0 Å². The van der Waals surface area contributed by atoms with Crippen molar-refractivity contribution in [3.8, 4) is 0 Å². The summed E-state index contributed by atoms with van der Waals surface area (Å²) < 4.78 is 56.8. The number of aryl methyl sites for hydroxylation is 1. The molecule has 4 aliphatic heterocycles. The van der Waals surface area contributed by atoms with E-state index in [1.54, 1.807) is 22.5 Å². The number of imide groups is 1. The number of ether oxygens (including phenoxy) is 1. The fraction of sp³-hybridized carbons (Fsp3) is 0.578. The normalized spacial score (nSPS) is 28.7. The number of piperazine rings is 1. The molecule has 2 bridgehead atoms. The molecule has 2 N–H and O–H groups in total. The Balaban J connectivity index is 0.661. The largest absolute Gasteiger partial charge is 0.374 e. The highest BCUT2D eigenvalue weighted by molar-refractivity contribution is 6.08. The van der Waals surface area contributed by atoms with Gasteiger partial charge in [0.05, 0.1) is 47.7 Å². The van der Waals surface area contributed by atoms with E-state index in [1.807, 2.05) is 24.3 Å². The number of alkyl halides is 3. The highest BCUT2D eigenvalue weighted by Crippen LogP contribution is 2.49. The molecule has 2 aliphatic carbocycles. The van der Waals surface area contributed by atoms with Crippen LogP contribution in [0.15, 0.2) is 47.7 Å². The van der Waals surface area contributed by atoms with Crippen molar-refractivity contribution in [1.29, 1.82) is 0 Å². The second-order valence-electron chi connectivity index (χ2n) is 19.2. The Hall–Kier alpha value is -5.60. The maximum atomic E-state index is 16.3. The van der Waals surface area contributed by atoms with Crippen molar-refractivity contribution >= 4 is 45.9 Å². The maximum Gasteiger partial charge on any atom is 0.329 e. The number of para-hydroxylation sites is 1. The molecule has 17 nitrogen and oxygen atoms in total. The fourth-order valence-electron chi connectivity index (χ4n) is 11.6. The van der Waals surface area contributed by atoms with Crippen LogP contribution in [-0.2, 0) is 21.4 Å². The number of imidazole rings is 1. The SMILES string of the molecule is Cn1c(=O)n(C2CCC(=O)NC2=O)c2cccc(C3CC(F)(CN4CCN(CC5CCC(n6cc(NC(=O)c7cnn8ccc(N9C[C@H]%10CC9CO%10)nc78)c(C(F)F)n6)CC5)CC4)C3)c21. The average molecular weight is 899 g/mol. The number of halogens is 3. The first kappa shape index (κ1) is 42.1. The number of carbonyl (C=O) groups excluding carboxylic acids is 3. The number of amides is 3. The summed E-state index contributed by atoms with van der Waals surface area (Å²) in [5.74, 6) is -0.290. The average Bonchev–Trinajstić information content (AvgIpc) is 4.14. The summed E-state index contributed by atoms with van der Waals surface area (Å²) in [6.07, 6.45) is 7.44. The van der Waals surface area contributed by atoms with Gasteiger partial charge < -0.3 is 19.9 Å². The minimum absolute atomic E-state index is 0.0204. The summed E-state index contributed by atoms with van der Waals surface area (Å²) >= 11 is 0. The Morgan fingerprint density at radius 3 is 2.52 bits per heavy atom. The van der Waals surface area contributed by atoms with Crippen molar-refractivity contribution in [3.05, 3.63) is 70.2 Å². The van der Waals surface area contributed by atoms with Crippen LogP contribution in [0, 0.1) is 5.92 Å². The number of hydrogen-bond acceptors (Lipinski definition) is 11. The van der Waals surface area contributed by atoms with Crippen LogP contribution in [0.25, 0.3) is 16.7 Å². The number of nitrogens with one attached hydrogen (secondary N) is 2. The second kappa shape index (κ2) is 16.4. The van der Waals surface area contributed by atoms with E-state index < -0.39 is 35.6 Å². The Bertz CT molecular complexity index is 2730. The minimum Gasteiger partial charge on any atom is -0.374 e. The van der Waals surface area contributed by atoms with Gasteiger partial charge in [-0.15, -0.1) is 0 Å². The molecule has 3 amide bonds. The highest BCUT2D eigenvalue weighted by Gasteiger charge is 2.48. The summed E-state index contributed by atoms with van der Waals surface area (Å²) in [7, 11) is 1.68. The number of fused-ring (bicyclic) bond motifs is 4. The van der Waals surface area contributed by atoms with Gasteiger partial charge in [0.15, 0.2) is 11.3 Å². The predicted octanol–water partition coefficient (Wildman–Crippen LogP) is 4.36. The van der Waals surface area contributed by atoms with E-state index in [0.717, 1.165) is 82.8 Å². The van der Waals surface area contributed by atoms with Crippen molar-refractivity contribution in [3.63, 3.8) is 0 Å². The lowest BCUT2D eigenvalue weighted by molar-refractivity contribution is -0.135. The summed E-state index contributed by atoms with van der Waals surface area (Å²) in [4.78, 5) is 63.0. The lowest BCUT2D eigenvalue weighted by Crippen LogP contribution is -2.54. The number of rotatable bonds is 11. The van der Waals surface area contributed by atoms with E-state index in [2.05, 4.69) is 35.5 Å². The summed E-state index contributed by atoms with van der Waals surface area (Å²) in [6.45, 7) is 5.86. The standard InChI is InChI=1S/C45H53F3N12O5/c1-54-39-31(3-2-4-34(39)60(44(54)64)35-9-10-37(61)52-43(35)63)27-18-45(48,19-27)25-56-15-13-55(14-16-56)21-26-5-7-28(8-6-26)59-23-33(38(53-59)40(46)47)50-42(62)32-20-49-58-12-11-36(51-41(32)58)57-22-30-17-29(57)24-65-30/h2-4,11-12,20,23,26-30,35,40H,5-10,13-19,21-22,24-25H2,1H3,(H,50,62)(H,52,61,63)/t26?,27?,28?,29?,30-,35?,45?/m1/s1. The monoisotopic (exact) mass is 898 g/mol. The summed E-state index contributed by atoms with van der Waals surface area (Å²) in [5.41, 5.74) is 0.614. The Labute approximate surface area is 371 Å². The first-order chi connectivity index (χ1) is 31.4. The Morgan fingerprint density at radius 2 is 1.80 bits per heavy atom. The molecule has 0 radical (unpaired) electrons. The fourth-order valence-corrected chi connectivity index (χ4v) is 11.6. The van der Waals surface area contributed by atoms with Gasteiger partial charge in [-0.3, -0.25) is 38.4 Å². The summed E-state index contributed by atoms with van der Waals surface area (Å²) in [5, 5.41) is 13.6.